The van der Waals surface area contributed by atoms with Gasteiger partial charge in [-0.2, -0.15) is 0 Å². The van der Waals surface area contributed by atoms with E-state index in [1.54, 1.807) is 6.07 Å². The average Bonchev–Trinajstić information content (AvgIpc) is 2.53. The van der Waals surface area contributed by atoms with Gasteiger partial charge in [0.25, 0.3) is 5.91 Å². The summed E-state index contributed by atoms with van der Waals surface area (Å²) in [5, 5.41) is 8.68. The molecule has 1 heterocycles. The number of ketones is 1. The molecule has 0 radical (unpaired) electrons. The van der Waals surface area contributed by atoms with Crippen LogP contribution in [0.2, 0.25) is 0 Å². The number of carboxylic acids is 1. The second kappa shape index (κ2) is 7.33. The van der Waals surface area contributed by atoms with Crippen molar-refractivity contribution in [2.24, 2.45) is 11.7 Å². The summed E-state index contributed by atoms with van der Waals surface area (Å²) >= 11 is 0. The Kier molecular flexibility index (Phi) is 5.41. The predicted octanol–water partition coefficient (Wildman–Crippen LogP) is 0.969. The highest BCUT2D eigenvalue weighted by Gasteiger charge is 2.37. The standard InChI is InChI=1S/C17H20N2O6/c1-9(2)16-17(24)19(8-14(18)21)11-7-10(3-5-13(11)25-16)12(20)4-6-15(22)23/h3,5,7,9,16H,4,6,8H2,1-2H3,(H2,18,21)(H,22,23). The third-order valence-corrected chi connectivity index (χ3v) is 3.82. The molecule has 0 saturated carbocycles. The molecule has 2 rings (SSSR count). The normalized spacial score (nSPS) is 16.4. The SMILES string of the molecule is CC(C)C1Oc2ccc(C(=O)CCC(=O)O)cc2N(CC(N)=O)C1=O. The van der Waals surface area contributed by atoms with Gasteiger partial charge in [-0.3, -0.25) is 24.1 Å². The van der Waals surface area contributed by atoms with Gasteiger partial charge >= 0.3 is 5.97 Å². The van der Waals surface area contributed by atoms with Crippen molar-refractivity contribution in [1.82, 2.24) is 0 Å². The van der Waals surface area contributed by atoms with E-state index in [0.29, 0.717) is 5.75 Å². The van der Waals surface area contributed by atoms with Crippen molar-refractivity contribution in [3.05, 3.63) is 23.8 Å². The number of ether oxygens (including phenoxy) is 1. The lowest BCUT2D eigenvalue weighted by molar-refractivity contribution is -0.137. The molecule has 0 aliphatic carbocycles. The molecule has 1 aromatic carbocycles. The highest BCUT2D eigenvalue weighted by Crippen LogP contribution is 2.36. The first-order valence-electron chi connectivity index (χ1n) is 7.86. The maximum absolute atomic E-state index is 12.6. The van der Waals surface area contributed by atoms with E-state index >= 15 is 0 Å². The molecular weight excluding hydrogens is 328 g/mol. The molecule has 0 bridgehead atoms. The van der Waals surface area contributed by atoms with Crippen molar-refractivity contribution in [2.45, 2.75) is 32.8 Å². The van der Waals surface area contributed by atoms with Crippen molar-refractivity contribution in [3.63, 3.8) is 0 Å². The van der Waals surface area contributed by atoms with Crippen molar-refractivity contribution >= 4 is 29.3 Å². The van der Waals surface area contributed by atoms with Crippen LogP contribution in [0, 0.1) is 5.92 Å². The molecule has 0 aromatic heterocycles. The second-order valence-corrected chi connectivity index (χ2v) is 6.17. The molecule has 3 N–H and O–H groups in total. The van der Waals surface area contributed by atoms with Crippen molar-refractivity contribution in [3.8, 4) is 5.75 Å². The van der Waals surface area contributed by atoms with Crippen LogP contribution < -0.4 is 15.4 Å². The minimum atomic E-state index is -1.07. The maximum Gasteiger partial charge on any atom is 0.303 e. The van der Waals surface area contributed by atoms with E-state index < -0.39 is 23.9 Å². The number of fused-ring (bicyclic) bond motifs is 1. The van der Waals surface area contributed by atoms with Gasteiger partial charge < -0.3 is 15.6 Å². The average molecular weight is 348 g/mol. The Morgan fingerprint density at radius 2 is 1.96 bits per heavy atom. The highest BCUT2D eigenvalue weighted by atomic mass is 16.5. The fourth-order valence-corrected chi connectivity index (χ4v) is 2.57. The van der Waals surface area contributed by atoms with E-state index in [4.69, 9.17) is 15.6 Å². The number of nitrogens with zero attached hydrogens (tertiary/aromatic N) is 1. The van der Waals surface area contributed by atoms with Crippen LogP contribution >= 0.6 is 0 Å². The predicted molar refractivity (Wildman–Crippen MR) is 88.4 cm³/mol. The third kappa shape index (κ3) is 4.14. The lowest BCUT2D eigenvalue weighted by Gasteiger charge is -2.35. The number of anilines is 1. The summed E-state index contributed by atoms with van der Waals surface area (Å²) in [5.41, 5.74) is 5.76. The summed E-state index contributed by atoms with van der Waals surface area (Å²) in [7, 11) is 0. The van der Waals surface area contributed by atoms with Crippen LogP contribution in [-0.2, 0) is 14.4 Å². The quantitative estimate of drug-likeness (QED) is 0.707. The number of rotatable bonds is 7. The summed E-state index contributed by atoms with van der Waals surface area (Å²) in [4.78, 5) is 47.9. The number of carbonyl (C=O) groups excluding carboxylic acids is 3. The van der Waals surface area contributed by atoms with E-state index in [1.807, 2.05) is 13.8 Å². The zero-order valence-corrected chi connectivity index (χ0v) is 14.0. The van der Waals surface area contributed by atoms with Crippen molar-refractivity contribution in [2.75, 3.05) is 11.4 Å². The number of carbonyl (C=O) groups is 4. The number of nitrogens with two attached hydrogens (primary N) is 1. The molecule has 0 spiro atoms. The number of hydrogen-bond acceptors (Lipinski definition) is 5. The Morgan fingerprint density at radius 3 is 2.52 bits per heavy atom. The number of hydrogen-bond donors (Lipinski definition) is 2. The summed E-state index contributed by atoms with van der Waals surface area (Å²) in [6.07, 6.45) is -1.19. The monoisotopic (exact) mass is 348 g/mol. The van der Waals surface area contributed by atoms with Gasteiger partial charge in [0.05, 0.1) is 12.1 Å². The van der Waals surface area contributed by atoms with Crippen LogP contribution in [0.25, 0.3) is 0 Å². The maximum atomic E-state index is 12.6. The molecule has 8 nitrogen and oxygen atoms in total. The van der Waals surface area contributed by atoms with E-state index in [9.17, 15) is 19.2 Å². The van der Waals surface area contributed by atoms with Gasteiger partial charge in [0.15, 0.2) is 11.9 Å². The lowest BCUT2D eigenvalue weighted by Crippen LogP contribution is -2.51. The Hall–Kier alpha value is -2.90. The van der Waals surface area contributed by atoms with Crippen LogP contribution in [0.15, 0.2) is 18.2 Å². The molecule has 134 valence electrons. The topological polar surface area (TPSA) is 127 Å². The van der Waals surface area contributed by atoms with Crippen LogP contribution in [0.1, 0.15) is 37.0 Å². The van der Waals surface area contributed by atoms with Crippen LogP contribution in [-0.4, -0.2) is 41.3 Å². The molecule has 1 aromatic rings. The molecule has 1 aliphatic heterocycles. The Balaban J connectivity index is 2.38. The zero-order valence-electron chi connectivity index (χ0n) is 14.0. The van der Waals surface area contributed by atoms with Crippen molar-refractivity contribution in [1.29, 1.82) is 0 Å². The largest absolute Gasteiger partial charge is 0.481 e. The van der Waals surface area contributed by atoms with Gasteiger partial charge in [-0.25, -0.2) is 0 Å². The highest BCUT2D eigenvalue weighted by molar-refractivity contribution is 6.06. The molecule has 0 fully saturated rings. The first-order chi connectivity index (χ1) is 11.7. The van der Waals surface area contributed by atoms with E-state index in [0.717, 1.165) is 0 Å². The van der Waals surface area contributed by atoms with Gasteiger partial charge in [-0.05, 0) is 24.1 Å². The lowest BCUT2D eigenvalue weighted by atomic mass is 10.0. The Labute approximate surface area is 144 Å². The van der Waals surface area contributed by atoms with Crippen LogP contribution in [0.4, 0.5) is 5.69 Å². The van der Waals surface area contributed by atoms with Crippen LogP contribution in [0.5, 0.6) is 5.75 Å². The molecule has 1 aliphatic rings. The first-order valence-corrected chi connectivity index (χ1v) is 7.86. The molecule has 2 amide bonds. The summed E-state index contributed by atoms with van der Waals surface area (Å²) in [6.45, 7) is 3.31. The summed E-state index contributed by atoms with van der Waals surface area (Å²) < 4.78 is 5.70. The molecule has 0 saturated heterocycles. The second-order valence-electron chi connectivity index (χ2n) is 6.17. The Morgan fingerprint density at radius 1 is 1.28 bits per heavy atom. The number of benzene rings is 1. The van der Waals surface area contributed by atoms with Gasteiger partial charge in [0, 0.05) is 12.0 Å². The minimum absolute atomic E-state index is 0.118. The molecule has 25 heavy (non-hydrogen) atoms. The smallest absolute Gasteiger partial charge is 0.303 e. The fraction of sp³-hybridized carbons (Fsp3) is 0.412. The van der Waals surface area contributed by atoms with Crippen LogP contribution in [0.3, 0.4) is 0 Å². The van der Waals surface area contributed by atoms with Gasteiger partial charge in [-0.1, -0.05) is 13.8 Å². The molecular formula is C17H20N2O6. The number of Topliss-reactive ketones (excluding diaryl/α,β-unsaturated/α-hetero) is 1. The van der Waals surface area contributed by atoms with E-state index in [-0.39, 0.29) is 42.3 Å². The van der Waals surface area contributed by atoms with Crippen molar-refractivity contribution < 1.29 is 29.0 Å². The number of amides is 2. The van der Waals surface area contributed by atoms with Gasteiger partial charge in [0.1, 0.15) is 12.3 Å². The molecule has 1 unspecified atom stereocenters. The van der Waals surface area contributed by atoms with E-state index in [2.05, 4.69) is 0 Å². The van der Waals surface area contributed by atoms with Gasteiger partial charge in [0.2, 0.25) is 5.91 Å². The number of primary amides is 1. The first kappa shape index (κ1) is 18.4. The molecule has 8 heteroatoms. The molecule has 1 atom stereocenters. The van der Waals surface area contributed by atoms with E-state index in [1.165, 1.54) is 17.0 Å². The minimum Gasteiger partial charge on any atom is -0.481 e. The zero-order chi connectivity index (χ0) is 18.7. The summed E-state index contributed by atoms with van der Waals surface area (Å²) in [6, 6.07) is 4.48. The number of aliphatic carboxylic acids is 1. The third-order valence-electron chi connectivity index (χ3n) is 3.82. The van der Waals surface area contributed by atoms with Gasteiger partial charge in [-0.15, -0.1) is 0 Å². The number of carboxylic acid groups (broad SMARTS) is 1. The summed E-state index contributed by atoms with van der Waals surface area (Å²) in [5.74, 6) is -2.28. The fourth-order valence-electron chi connectivity index (χ4n) is 2.57. The Bertz CT molecular complexity index is 728.